The molecule has 1 aromatic rings. The molecule has 108 valence electrons. The summed E-state index contributed by atoms with van der Waals surface area (Å²) in [6, 6.07) is 4.11. The summed E-state index contributed by atoms with van der Waals surface area (Å²) in [6.45, 7) is -0.253. The molecule has 0 aromatic heterocycles. The first-order valence-electron chi connectivity index (χ1n) is 5.94. The number of ketones is 1. The van der Waals surface area contributed by atoms with E-state index in [9.17, 15) is 18.8 Å². The fraction of sp³-hybridized carbons (Fsp3) is 0.231. The van der Waals surface area contributed by atoms with Gasteiger partial charge >= 0.3 is 0 Å². The van der Waals surface area contributed by atoms with Crippen LogP contribution in [0, 0.1) is 17.1 Å². The van der Waals surface area contributed by atoms with E-state index < -0.39 is 30.0 Å². The summed E-state index contributed by atoms with van der Waals surface area (Å²) in [6.07, 6.45) is 0.136. The van der Waals surface area contributed by atoms with E-state index in [0.29, 0.717) is 0 Å². The number of carbonyl (C=O) groups is 3. The molecular formula is C13H9BrFN3O3. The summed E-state index contributed by atoms with van der Waals surface area (Å²) in [5, 5.41) is 10.8. The van der Waals surface area contributed by atoms with E-state index in [-0.39, 0.29) is 28.7 Å². The lowest BCUT2D eigenvalue weighted by Gasteiger charge is -2.16. The molecule has 2 rings (SSSR count). The van der Waals surface area contributed by atoms with Crippen molar-refractivity contribution in [3.05, 3.63) is 28.0 Å². The molecule has 0 bridgehead atoms. The van der Waals surface area contributed by atoms with Crippen LogP contribution in [0.4, 0.5) is 10.1 Å². The lowest BCUT2D eigenvalue weighted by molar-refractivity contribution is -0.122. The van der Waals surface area contributed by atoms with E-state index in [1.165, 1.54) is 6.07 Å². The number of hydrogen-bond donors (Lipinski definition) is 1. The number of fused-ring (bicyclic) bond motifs is 1. The molecule has 21 heavy (non-hydrogen) atoms. The van der Waals surface area contributed by atoms with E-state index in [0.717, 1.165) is 11.0 Å². The molecule has 1 aliphatic rings. The Bertz CT molecular complexity index is 684. The van der Waals surface area contributed by atoms with Crippen molar-refractivity contribution in [1.29, 1.82) is 5.26 Å². The molecule has 6 nitrogen and oxygen atoms in total. The maximum absolute atomic E-state index is 13.6. The minimum atomic E-state index is -0.877. The molecule has 1 aliphatic heterocycles. The van der Waals surface area contributed by atoms with Crippen LogP contribution in [0.2, 0.25) is 0 Å². The van der Waals surface area contributed by atoms with E-state index in [2.05, 4.69) is 21.2 Å². The number of rotatable bonds is 4. The fourth-order valence-electron chi connectivity index (χ4n) is 1.90. The van der Waals surface area contributed by atoms with Crippen LogP contribution in [0.25, 0.3) is 0 Å². The lowest BCUT2D eigenvalue weighted by Crippen LogP contribution is -2.40. The number of nitriles is 1. The monoisotopic (exact) mass is 353 g/mol. The van der Waals surface area contributed by atoms with Gasteiger partial charge in [-0.15, -0.1) is 0 Å². The van der Waals surface area contributed by atoms with Crippen molar-refractivity contribution in [2.24, 2.45) is 0 Å². The van der Waals surface area contributed by atoms with Crippen LogP contribution >= 0.6 is 15.9 Å². The van der Waals surface area contributed by atoms with Gasteiger partial charge in [0, 0.05) is 6.54 Å². The molecule has 1 heterocycles. The number of nitrogens with zero attached hydrogens (tertiary/aromatic N) is 2. The SMILES string of the molecule is N#CCCNC(=O)CN1C(=O)C(=O)c2cc(Br)c(F)cc21. The van der Waals surface area contributed by atoms with Crippen molar-refractivity contribution < 1.29 is 18.8 Å². The van der Waals surface area contributed by atoms with Crippen LogP contribution in [0.1, 0.15) is 16.8 Å². The maximum atomic E-state index is 13.6. The minimum absolute atomic E-state index is 0.0538. The summed E-state index contributed by atoms with van der Waals surface area (Å²) in [5.74, 6) is -2.82. The van der Waals surface area contributed by atoms with Gasteiger partial charge in [-0.25, -0.2) is 4.39 Å². The predicted molar refractivity (Wildman–Crippen MR) is 74.0 cm³/mol. The number of carbonyl (C=O) groups excluding carboxylic acids is 3. The number of halogens is 2. The van der Waals surface area contributed by atoms with Crippen molar-refractivity contribution in [3.63, 3.8) is 0 Å². The zero-order valence-electron chi connectivity index (χ0n) is 10.7. The summed E-state index contributed by atoms with van der Waals surface area (Å²) in [5.41, 5.74) is 0.124. The Labute approximate surface area is 127 Å². The van der Waals surface area contributed by atoms with Gasteiger partial charge in [0.1, 0.15) is 12.4 Å². The van der Waals surface area contributed by atoms with Gasteiger partial charge in [0.2, 0.25) is 5.91 Å². The van der Waals surface area contributed by atoms with Gasteiger partial charge in [-0.1, -0.05) is 0 Å². The van der Waals surface area contributed by atoms with Gasteiger partial charge in [0.25, 0.3) is 11.7 Å². The molecule has 0 unspecified atom stereocenters. The molecule has 0 saturated carbocycles. The number of hydrogen-bond acceptors (Lipinski definition) is 4. The second kappa shape index (κ2) is 6.01. The van der Waals surface area contributed by atoms with Crippen LogP contribution in [-0.2, 0) is 9.59 Å². The van der Waals surface area contributed by atoms with Crippen LogP contribution < -0.4 is 10.2 Å². The topological polar surface area (TPSA) is 90.3 Å². The van der Waals surface area contributed by atoms with E-state index in [1.54, 1.807) is 0 Å². The second-order valence-corrected chi connectivity index (χ2v) is 5.12. The molecule has 1 N–H and O–H groups in total. The molecule has 0 fully saturated rings. The predicted octanol–water partition coefficient (Wildman–Crippen LogP) is 1.15. The van der Waals surface area contributed by atoms with Crippen molar-refractivity contribution >= 4 is 39.2 Å². The van der Waals surface area contributed by atoms with Crippen molar-refractivity contribution in [2.75, 3.05) is 18.0 Å². The molecule has 0 atom stereocenters. The number of anilines is 1. The third-order valence-electron chi connectivity index (χ3n) is 2.87. The third-order valence-corrected chi connectivity index (χ3v) is 3.48. The van der Waals surface area contributed by atoms with Crippen molar-refractivity contribution in [3.8, 4) is 6.07 Å². The number of nitrogens with one attached hydrogen (secondary N) is 1. The van der Waals surface area contributed by atoms with Gasteiger partial charge in [-0.3, -0.25) is 19.3 Å². The van der Waals surface area contributed by atoms with Gasteiger partial charge < -0.3 is 5.32 Å². The first-order valence-corrected chi connectivity index (χ1v) is 6.74. The fourth-order valence-corrected chi connectivity index (χ4v) is 2.25. The highest BCUT2D eigenvalue weighted by Crippen LogP contribution is 2.32. The molecule has 0 spiro atoms. The Hall–Kier alpha value is -2.27. The van der Waals surface area contributed by atoms with Gasteiger partial charge in [-0.2, -0.15) is 5.26 Å². The highest BCUT2D eigenvalue weighted by Gasteiger charge is 2.37. The van der Waals surface area contributed by atoms with E-state index >= 15 is 0 Å². The normalized spacial score (nSPS) is 13.1. The molecule has 8 heteroatoms. The van der Waals surface area contributed by atoms with Crippen LogP contribution in [0.3, 0.4) is 0 Å². The highest BCUT2D eigenvalue weighted by molar-refractivity contribution is 9.10. The average Bonchev–Trinajstić information content (AvgIpc) is 2.65. The Kier molecular flexibility index (Phi) is 4.33. The lowest BCUT2D eigenvalue weighted by atomic mass is 10.1. The van der Waals surface area contributed by atoms with Gasteiger partial charge in [-0.05, 0) is 28.1 Å². The van der Waals surface area contributed by atoms with Gasteiger partial charge in [0.05, 0.1) is 28.2 Å². The van der Waals surface area contributed by atoms with Crippen LogP contribution in [-0.4, -0.2) is 30.7 Å². The summed E-state index contributed by atoms with van der Waals surface area (Å²) < 4.78 is 13.6. The standard InChI is InChI=1S/C13H9BrFN3O3/c14-8-4-7-10(5-9(8)15)18(13(21)12(7)20)6-11(19)17-3-1-2-16/h4-5H,1,3,6H2,(H,17,19). The van der Waals surface area contributed by atoms with Crippen LogP contribution in [0.15, 0.2) is 16.6 Å². The highest BCUT2D eigenvalue weighted by atomic mass is 79.9. The molecule has 1 aromatic carbocycles. The van der Waals surface area contributed by atoms with Crippen molar-refractivity contribution in [2.45, 2.75) is 6.42 Å². The first kappa shape index (κ1) is 15.1. The Morgan fingerprint density at radius 3 is 2.81 bits per heavy atom. The van der Waals surface area contributed by atoms with Crippen molar-refractivity contribution in [1.82, 2.24) is 5.32 Å². The molecule has 0 radical (unpaired) electrons. The zero-order valence-corrected chi connectivity index (χ0v) is 12.2. The van der Waals surface area contributed by atoms with Gasteiger partial charge in [0.15, 0.2) is 0 Å². The molecule has 0 saturated heterocycles. The first-order chi connectivity index (χ1) is 9.95. The largest absolute Gasteiger partial charge is 0.354 e. The third kappa shape index (κ3) is 2.92. The smallest absolute Gasteiger partial charge is 0.299 e. The Morgan fingerprint density at radius 1 is 1.43 bits per heavy atom. The number of amides is 2. The zero-order chi connectivity index (χ0) is 15.6. The minimum Gasteiger partial charge on any atom is -0.354 e. The van der Waals surface area contributed by atoms with Crippen LogP contribution in [0.5, 0.6) is 0 Å². The summed E-state index contributed by atoms with van der Waals surface area (Å²) in [4.78, 5) is 36.2. The summed E-state index contributed by atoms with van der Waals surface area (Å²) in [7, 11) is 0. The van der Waals surface area contributed by atoms with E-state index in [1.807, 2.05) is 6.07 Å². The Balaban J connectivity index is 2.21. The molecular weight excluding hydrogens is 345 g/mol. The summed E-state index contributed by atoms with van der Waals surface area (Å²) >= 11 is 2.94. The Morgan fingerprint density at radius 2 is 2.14 bits per heavy atom. The number of benzene rings is 1. The maximum Gasteiger partial charge on any atom is 0.299 e. The van der Waals surface area contributed by atoms with E-state index in [4.69, 9.17) is 5.26 Å². The molecule has 2 amide bonds. The molecule has 0 aliphatic carbocycles. The second-order valence-electron chi connectivity index (χ2n) is 4.26. The number of Topliss-reactive ketones (excluding diaryl/α,β-unsaturated/α-hetero) is 1. The quantitative estimate of drug-likeness (QED) is 0.649. The average molecular weight is 354 g/mol.